The lowest BCUT2D eigenvalue weighted by atomic mass is 9.98. The maximum atomic E-state index is 12.2. The van der Waals surface area contributed by atoms with Crippen molar-refractivity contribution in [3.8, 4) is 0 Å². The molecular weight excluding hydrogens is 351 g/mol. The molecule has 1 fully saturated rings. The number of hydrogen-bond acceptors (Lipinski definition) is 5. The number of nitrogens with one attached hydrogen (secondary N) is 1. The lowest BCUT2D eigenvalue weighted by molar-refractivity contribution is 0.0166. The quantitative estimate of drug-likeness (QED) is 0.644. The fourth-order valence-corrected chi connectivity index (χ4v) is 2.99. The van der Waals surface area contributed by atoms with E-state index in [1.54, 1.807) is 11.1 Å². The van der Waals surface area contributed by atoms with Crippen LogP contribution in [0.15, 0.2) is 6.20 Å². The summed E-state index contributed by atoms with van der Waals surface area (Å²) in [6, 6.07) is 0. The van der Waals surface area contributed by atoms with Crippen LogP contribution in [0.25, 0.3) is 0 Å². The predicted molar refractivity (Wildman–Crippen MR) is 94.3 cm³/mol. The Bertz CT molecular complexity index is 578. The van der Waals surface area contributed by atoms with E-state index in [1.807, 2.05) is 20.8 Å². The first-order valence-corrected chi connectivity index (χ1v) is 8.86. The Kier molecular flexibility index (Phi) is 6.66. The largest absolute Gasteiger partial charge is 0.444 e. The van der Waals surface area contributed by atoms with E-state index < -0.39 is 5.60 Å². The molecule has 1 atom stereocenters. The zero-order valence-electron chi connectivity index (χ0n) is 14.3. The topological polar surface area (TPSA) is 67.3 Å². The van der Waals surface area contributed by atoms with E-state index >= 15 is 0 Å². The fourth-order valence-electron chi connectivity index (χ4n) is 2.62. The van der Waals surface area contributed by atoms with Crippen molar-refractivity contribution in [2.75, 3.05) is 19.6 Å². The number of rotatable bonds is 4. The van der Waals surface area contributed by atoms with Crippen LogP contribution in [-0.2, 0) is 11.3 Å². The first-order chi connectivity index (χ1) is 11.2. The van der Waals surface area contributed by atoms with Crippen LogP contribution in [0.3, 0.4) is 0 Å². The summed E-state index contributed by atoms with van der Waals surface area (Å²) in [6.45, 7) is 8.45. The molecule has 0 unspecified atom stereocenters. The van der Waals surface area contributed by atoms with Gasteiger partial charge in [-0.05, 0) is 57.7 Å². The van der Waals surface area contributed by atoms with Crippen LogP contribution >= 0.6 is 23.2 Å². The van der Waals surface area contributed by atoms with Crippen molar-refractivity contribution in [2.24, 2.45) is 5.92 Å². The van der Waals surface area contributed by atoms with Gasteiger partial charge in [0.1, 0.15) is 10.8 Å². The van der Waals surface area contributed by atoms with Gasteiger partial charge in [0, 0.05) is 31.4 Å². The van der Waals surface area contributed by atoms with Crippen LogP contribution in [0.4, 0.5) is 4.79 Å². The number of amides is 1. The van der Waals surface area contributed by atoms with Crippen molar-refractivity contribution in [3.63, 3.8) is 0 Å². The molecule has 1 aromatic rings. The van der Waals surface area contributed by atoms with Crippen LogP contribution in [0, 0.1) is 5.92 Å². The number of carbonyl (C=O) groups is 1. The summed E-state index contributed by atoms with van der Waals surface area (Å²) in [6.07, 6.45) is 3.45. The standard InChI is InChI=1S/C16H24Cl2N4O2/c1-16(2,3)24-15(23)22-6-4-5-11(10-22)7-19-8-12-9-20-14(18)21-13(12)17/h9,11,19H,4-8,10H2,1-3H3/t11-/m0/s1. The molecule has 24 heavy (non-hydrogen) atoms. The van der Waals surface area contributed by atoms with Gasteiger partial charge in [-0.2, -0.15) is 0 Å². The van der Waals surface area contributed by atoms with Crippen LogP contribution in [0.5, 0.6) is 0 Å². The summed E-state index contributed by atoms with van der Waals surface area (Å²) >= 11 is 11.7. The van der Waals surface area contributed by atoms with Gasteiger partial charge in [-0.25, -0.2) is 14.8 Å². The molecule has 1 aliphatic rings. The van der Waals surface area contributed by atoms with Crippen molar-refractivity contribution in [2.45, 2.75) is 45.8 Å². The van der Waals surface area contributed by atoms with E-state index in [1.165, 1.54) is 0 Å². The Balaban J connectivity index is 1.79. The van der Waals surface area contributed by atoms with Gasteiger partial charge in [-0.15, -0.1) is 0 Å². The van der Waals surface area contributed by atoms with Crippen molar-refractivity contribution < 1.29 is 9.53 Å². The van der Waals surface area contributed by atoms with E-state index in [0.717, 1.165) is 31.5 Å². The van der Waals surface area contributed by atoms with Gasteiger partial charge in [0.05, 0.1) is 0 Å². The normalized spacial score (nSPS) is 18.5. The summed E-state index contributed by atoms with van der Waals surface area (Å²) in [5.74, 6) is 0.387. The Morgan fingerprint density at radius 1 is 1.46 bits per heavy atom. The van der Waals surface area contributed by atoms with Gasteiger partial charge in [0.2, 0.25) is 5.28 Å². The summed E-state index contributed by atoms with van der Waals surface area (Å²) in [5, 5.41) is 3.86. The lowest BCUT2D eigenvalue weighted by Crippen LogP contribution is -2.45. The number of piperidine rings is 1. The molecule has 1 saturated heterocycles. The molecule has 0 aliphatic carbocycles. The van der Waals surface area contributed by atoms with Crippen LogP contribution in [-0.4, -0.2) is 46.2 Å². The maximum absolute atomic E-state index is 12.2. The lowest BCUT2D eigenvalue weighted by Gasteiger charge is -2.34. The molecule has 2 rings (SSSR count). The van der Waals surface area contributed by atoms with Gasteiger partial charge in [0.25, 0.3) is 0 Å². The minimum atomic E-state index is -0.465. The molecule has 1 aliphatic heterocycles. The molecule has 0 radical (unpaired) electrons. The highest BCUT2D eigenvalue weighted by molar-refractivity contribution is 6.32. The molecule has 1 aromatic heterocycles. The molecule has 0 saturated carbocycles. The summed E-state index contributed by atoms with van der Waals surface area (Å²) in [4.78, 5) is 21.8. The van der Waals surface area contributed by atoms with E-state index in [0.29, 0.717) is 24.2 Å². The number of carbonyl (C=O) groups excluding carboxylic acids is 1. The molecule has 1 N–H and O–H groups in total. The molecule has 2 heterocycles. The summed E-state index contributed by atoms with van der Waals surface area (Å²) < 4.78 is 5.45. The predicted octanol–water partition coefficient (Wildman–Crippen LogP) is 3.52. The van der Waals surface area contributed by atoms with Gasteiger partial charge < -0.3 is 15.0 Å². The smallest absolute Gasteiger partial charge is 0.410 e. The Hall–Kier alpha value is -1.11. The highest BCUT2D eigenvalue weighted by atomic mass is 35.5. The molecule has 0 bridgehead atoms. The Morgan fingerprint density at radius 3 is 2.88 bits per heavy atom. The zero-order chi connectivity index (χ0) is 17.7. The molecule has 134 valence electrons. The zero-order valence-corrected chi connectivity index (χ0v) is 15.8. The van der Waals surface area contributed by atoms with Crippen molar-refractivity contribution in [1.29, 1.82) is 0 Å². The highest BCUT2D eigenvalue weighted by Gasteiger charge is 2.27. The monoisotopic (exact) mass is 374 g/mol. The van der Waals surface area contributed by atoms with Crippen molar-refractivity contribution in [3.05, 3.63) is 22.2 Å². The molecule has 1 amide bonds. The minimum Gasteiger partial charge on any atom is -0.444 e. The third-order valence-electron chi connectivity index (χ3n) is 3.70. The summed E-state index contributed by atoms with van der Waals surface area (Å²) in [5.41, 5.74) is 0.342. The fraction of sp³-hybridized carbons (Fsp3) is 0.688. The maximum Gasteiger partial charge on any atom is 0.410 e. The van der Waals surface area contributed by atoms with Crippen LogP contribution < -0.4 is 5.32 Å². The van der Waals surface area contributed by atoms with Crippen molar-refractivity contribution in [1.82, 2.24) is 20.2 Å². The van der Waals surface area contributed by atoms with Crippen molar-refractivity contribution >= 4 is 29.3 Å². The molecule has 6 nitrogen and oxygen atoms in total. The van der Waals surface area contributed by atoms with Gasteiger partial charge in [-0.1, -0.05) is 11.6 Å². The molecule has 8 heteroatoms. The van der Waals surface area contributed by atoms with Gasteiger partial charge in [0.15, 0.2) is 0 Å². The van der Waals surface area contributed by atoms with Crippen LogP contribution in [0.1, 0.15) is 39.2 Å². The average molecular weight is 375 g/mol. The summed E-state index contributed by atoms with van der Waals surface area (Å²) in [7, 11) is 0. The molecule has 0 aromatic carbocycles. The van der Waals surface area contributed by atoms with Gasteiger partial charge >= 0.3 is 6.09 Å². The first-order valence-electron chi connectivity index (χ1n) is 8.10. The van der Waals surface area contributed by atoms with E-state index in [4.69, 9.17) is 27.9 Å². The number of ether oxygens (including phenoxy) is 1. The second kappa shape index (κ2) is 8.32. The Morgan fingerprint density at radius 2 is 2.21 bits per heavy atom. The molecule has 0 spiro atoms. The highest BCUT2D eigenvalue weighted by Crippen LogP contribution is 2.19. The third-order valence-corrected chi connectivity index (χ3v) is 4.21. The molecular formula is C16H24Cl2N4O2. The number of halogens is 2. The van der Waals surface area contributed by atoms with E-state index in [-0.39, 0.29) is 11.4 Å². The SMILES string of the molecule is CC(C)(C)OC(=O)N1CCC[C@@H](CNCc2cnc(Cl)nc2Cl)C1. The number of likely N-dealkylation sites (tertiary alicyclic amines) is 1. The minimum absolute atomic E-state index is 0.143. The second-order valence-corrected chi connectivity index (χ2v) is 7.72. The number of nitrogens with zero attached hydrogens (tertiary/aromatic N) is 3. The number of hydrogen-bond donors (Lipinski definition) is 1. The van der Waals surface area contributed by atoms with E-state index in [9.17, 15) is 4.79 Å². The average Bonchev–Trinajstić information content (AvgIpc) is 2.48. The third kappa shape index (κ3) is 6.07. The Labute approximate surface area is 152 Å². The second-order valence-electron chi connectivity index (χ2n) is 7.02. The first kappa shape index (κ1) is 19.2. The van der Waals surface area contributed by atoms with Gasteiger partial charge in [-0.3, -0.25) is 0 Å². The number of aromatic nitrogens is 2. The van der Waals surface area contributed by atoms with E-state index in [2.05, 4.69) is 15.3 Å². The van der Waals surface area contributed by atoms with Crippen LogP contribution in [0.2, 0.25) is 10.4 Å².